The smallest absolute Gasteiger partial charge is 0.256 e. The van der Waals surface area contributed by atoms with Crippen LogP contribution in [0.15, 0.2) is 33.9 Å². The fourth-order valence-corrected chi connectivity index (χ4v) is 2.30. The molecule has 0 saturated carbocycles. The second-order valence-corrected chi connectivity index (χ2v) is 4.95. The monoisotopic (exact) mass is 261 g/mol. The molecule has 1 aromatic carbocycles. The van der Waals surface area contributed by atoms with E-state index in [-0.39, 0.29) is 5.84 Å². The summed E-state index contributed by atoms with van der Waals surface area (Å²) in [5.74, 6) is 1.75. The van der Waals surface area contributed by atoms with Gasteiger partial charge < -0.3 is 10.2 Å². The molecule has 0 spiro atoms. The van der Waals surface area contributed by atoms with Crippen LogP contribution in [0.5, 0.6) is 0 Å². The molecule has 18 heavy (non-hydrogen) atoms. The molecule has 0 aliphatic rings. The Bertz CT molecular complexity index is 541. The van der Waals surface area contributed by atoms with Crippen LogP contribution >= 0.6 is 11.8 Å². The number of hydrogen-bond acceptors (Lipinski definition) is 4. The molecule has 0 aliphatic carbocycles. The minimum absolute atomic E-state index is 0.0909. The SMILES string of the molecule is Cc1nc(SCc2ccc(C(=N)N)cc2)oc1C. The van der Waals surface area contributed by atoms with E-state index in [0.29, 0.717) is 5.22 Å². The van der Waals surface area contributed by atoms with Gasteiger partial charge in [-0.15, -0.1) is 0 Å². The van der Waals surface area contributed by atoms with Gasteiger partial charge in [0.15, 0.2) is 0 Å². The first-order chi connectivity index (χ1) is 8.56. The average molecular weight is 261 g/mol. The van der Waals surface area contributed by atoms with E-state index in [1.807, 2.05) is 38.1 Å². The maximum atomic E-state index is 7.32. The Kier molecular flexibility index (Phi) is 3.72. The number of nitrogen functional groups attached to an aromatic ring is 1. The zero-order chi connectivity index (χ0) is 13.1. The van der Waals surface area contributed by atoms with Crippen molar-refractivity contribution in [3.63, 3.8) is 0 Å². The molecule has 1 heterocycles. The number of aromatic nitrogens is 1. The van der Waals surface area contributed by atoms with Crippen molar-refractivity contribution >= 4 is 17.6 Å². The van der Waals surface area contributed by atoms with Gasteiger partial charge in [0.25, 0.3) is 5.22 Å². The number of nitrogens with zero attached hydrogens (tertiary/aromatic N) is 1. The molecule has 0 unspecified atom stereocenters. The number of amidine groups is 1. The standard InChI is InChI=1S/C13H15N3OS/c1-8-9(2)17-13(16-8)18-7-10-3-5-11(6-4-10)12(14)15/h3-6H,7H2,1-2H3,(H3,14,15). The van der Waals surface area contributed by atoms with Crippen LogP contribution in [0.4, 0.5) is 0 Å². The second kappa shape index (κ2) is 5.27. The lowest BCUT2D eigenvalue weighted by molar-refractivity contribution is 0.431. The van der Waals surface area contributed by atoms with Crippen LogP contribution in [0, 0.1) is 19.3 Å². The third kappa shape index (κ3) is 2.92. The number of benzene rings is 1. The summed E-state index contributed by atoms with van der Waals surface area (Å²) in [6.45, 7) is 3.85. The molecule has 5 heteroatoms. The van der Waals surface area contributed by atoms with Crippen LogP contribution in [0.1, 0.15) is 22.6 Å². The number of aryl methyl sites for hydroxylation is 2. The fourth-order valence-electron chi connectivity index (χ4n) is 1.43. The van der Waals surface area contributed by atoms with E-state index in [0.717, 1.165) is 28.3 Å². The quantitative estimate of drug-likeness (QED) is 0.504. The van der Waals surface area contributed by atoms with Crippen molar-refractivity contribution in [2.45, 2.75) is 24.8 Å². The summed E-state index contributed by atoms with van der Waals surface area (Å²) in [5, 5.41) is 8.01. The third-order valence-electron chi connectivity index (χ3n) is 2.64. The van der Waals surface area contributed by atoms with Crippen LogP contribution in [-0.2, 0) is 5.75 Å². The van der Waals surface area contributed by atoms with Gasteiger partial charge in [0.1, 0.15) is 11.6 Å². The summed E-state index contributed by atoms with van der Waals surface area (Å²) in [5.41, 5.74) is 8.23. The Hall–Kier alpha value is -1.75. The highest BCUT2D eigenvalue weighted by molar-refractivity contribution is 7.98. The minimum atomic E-state index is 0.0909. The lowest BCUT2D eigenvalue weighted by Crippen LogP contribution is -2.10. The van der Waals surface area contributed by atoms with Gasteiger partial charge in [-0.1, -0.05) is 36.0 Å². The Morgan fingerprint density at radius 1 is 1.33 bits per heavy atom. The summed E-state index contributed by atoms with van der Waals surface area (Å²) in [6, 6.07) is 7.63. The van der Waals surface area contributed by atoms with Crippen molar-refractivity contribution in [3.8, 4) is 0 Å². The van der Waals surface area contributed by atoms with Crippen molar-refractivity contribution in [2.75, 3.05) is 0 Å². The van der Waals surface area contributed by atoms with Crippen molar-refractivity contribution in [3.05, 3.63) is 46.8 Å². The molecule has 0 atom stereocenters. The van der Waals surface area contributed by atoms with Gasteiger partial charge in [-0.3, -0.25) is 5.41 Å². The first-order valence-electron chi connectivity index (χ1n) is 5.56. The van der Waals surface area contributed by atoms with Crippen molar-refractivity contribution in [1.82, 2.24) is 4.98 Å². The molecule has 0 aliphatic heterocycles. The third-order valence-corrected chi connectivity index (χ3v) is 3.54. The average Bonchev–Trinajstić information content (AvgIpc) is 2.67. The minimum Gasteiger partial charge on any atom is -0.437 e. The highest BCUT2D eigenvalue weighted by Crippen LogP contribution is 2.24. The number of rotatable bonds is 4. The van der Waals surface area contributed by atoms with E-state index in [1.165, 1.54) is 0 Å². The first-order valence-corrected chi connectivity index (χ1v) is 6.55. The molecule has 0 fully saturated rings. The Labute approximate surface area is 110 Å². The molecule has 94 valence electrons. The molecule has 3 N–H and O–H groups in total. The highest BCUT2D eigenvalue weighted by Gasteiger charge is 2.06. The van der Waals surface area contributed by atoms with E-state index < -0.39 is 0 Å². The predicted octanol–water partition coefficient (Wildman–Crippen LogP) is 2.87. The molecule has 0 bridgehead atoms. The lowest BCUT2D eigenvalue weighted by Gasteiger charge is -2.01. The van der Waals surface area contributed by atoms with Gasteiger partial charge in [-0.25, -0.2) is 4.98 Å². The summed E-state index contributed by atoms with van der Waals surface area (Å²) >= 11 is 1.56. The molecule has 4 nitrogen and oxygen atoms in total. The van der Waals surface area contributed by atoms with E-state index in [1.54, 1.807) is 11.8 Å². The van der Waals surface area contributed by atoms with Crippen LogP contribution in [0.3, 0.4) is 0 Å². The topological polar surface area (TPSA) is 75.9 Å². The van der Waals surface area contributed by atoms with E-state index >= 15 is 0 Å². The van der Waals surface area contributed by atoms with Crippen molar-refractivity contribution in [2.24, 2.45) is 5.73 Å². The maximum Gasteiger partial charge on any atom is 0.256 e. The van der Waals surface area contributed by atoms with Gasteiger partial charge in [0.2, 0.25) is 0 Å². The van der Waals surface area contributed by atoms with Crippen molar-refractivity contribution < 1.29 is 4.42 Å². The highest BCUT2D eigenvalue weighted by atomic mass is 32.2. The van der Waals surface area contributed by atoms with Crippen molar-refractivity contribution in [1.29, 1.82) is 5.41 Å². The summed E-state index contributed by atoms with van der Waals surface area (Å²) < 4.78 is 5.50. The number of nitrogens with one attached hydrogen (secondary N) is 1. The molecule has 0 amide bonds. The summed E-state index contributed by atoms with van der Waals surface area (Å²) in [7, 11) is 0. The van der Waals surface area contributed by atoms with Gasteiger partial charge in [0, 0.05) is 11.3 Å². The molecular formula is C13H15N3OS. The van der Waals surface area contributed by atoms with Gasteiger partial charge in [-0.2, -0.15) is 0 Å². The Morgan fingerprint density at radius 2 is 2.00 bits per heavy atom. The first kappa shape index (κ1) is 12.7. The zero-order valence-corrected chi connectivity index (χ0v) is 11.2. The largest absolute Gasteiger partial charge is 0.437 e. The number of oxazole rings is 1. The van der Waals surface area contributed by atoms with E-state index in [4.69, 9.17) is 15.6 Å². The van der Waals surface area contributed by atoms with Crippen LogP contribution in [-0.4, -0.2) is 10.8 Å². The molecule has 1 aromatic heterocycles. The maximum absolute atomic E-state index is 7.32. The van der Waals surface area contributed by atoms with E-state index in [2.05, 4.69) is 4.98 Å². The predicted molar refractivity (Wildman–Crippen MR) is 73.0 cm³/mol. The summed E-state index contributed by atoms with van der Waals surface area (Å²) in [4.78, 5) is 4.31. The number of thioether (sulfide) groups is 1. The van der Waals surface area contributed by atoms with Gasteiger partial charge in [-0.05, 0) is 19.4 Å². The molecular weight excluding hydrogens is 246 g/mol. The van der Waals surface area contributed by atoms with Gasteiger partial charge >= 0.3 is 0 Å². The molecule has 0 saturated heterocycles. The zero-order valence-electron chi connectivity index (χ0n) is 10.4. The fraction of sp³-hybridized carbons (Fsp3) is 0.231. The number of nitrogens with two attached hydrogens (primary N) is 1. The normalized spacial score (nSPS) is 10.6. The molecule has 0 radical (unpaired) electrons. The van der Waals surface area contributed by atoms with Gasteiger partial charge in [0.05, 0.1) is 5.69 Å². The lowest BCUT2D eigenvalue weighted by atomic mass is 10.1. The molecule has 2 rings (SSSR count). The van der Waals surface area contributed by atoms with E-state index in [9.17, 15) is 0 Å². The summed E-state index contributed by atoms with van der Waals surface area (Å²) in [6.07, 6.45) is 0. The van der Waals surface area contributed by atoms with Crippen LogP contribution in [0.2, 0.25) is 0 Å². The van der Waals surface area contributed by atoms with Crippen LogP contribution < -0.4 is 5.73 Å². The number of hydrogen-bond donors (Lipinski definition) is 2. The molecule has 2 aromatic rings. The Balaban J connectivity index is 2.00. The Morgan fingerprint density at radius 3 is 2.50 bits per heavy atom. The van der Waals surface area contributed by atoms with Crippen LogP contribution in [0.25, 0.3) is 0 Å². The second-order valence-electron chi connectivity index (χ2n) is 4.02.